The minimum Gasteiger partial charge on any atom is -0.497 e. The molecular weight excluding hydrogens is 482 g/mol. The molecule has 3 aromatic rings. The van der Waals surface area contributed by atoms with Crippen LogP contribution in [0.25, 0.3) is 11.4 Å². The molecular formula is C21H22BrN5O3S. The van der Waals surface area contributed by atoms with E-state index in [0.717, 1.165) is 21.4 Å². The molecule has 0 saturated carbocycles. The monoisotopic (exact) mass is 503 g/mol. The van der Waals surface area contributed by atoms with Gasteiger partial charge in [-0.15, -0.1) is 10.2 Å². The third-order valence-electron chi connectivity index (χ3n) is 4.40. The number of hydrazone groups is 1. The van der Waals surface area contributed by atoms with Gasteiger partial charge in [0.1, 0.15) is 11.5 Å². The van der Waals surface area contributed by atoms with Gasteiger partial charge in [-0.2, -0.15) is 5.10 Å². The Morgan fingerprint density at radius 3 is 2.71 bits per heavy atom. The smallest absolute Gasteiger partial charge is 0.250 e. The molecule has 0 atom stereocenters. The van der Waals surface area contributed by atoms with Crippen molar-refractivity contribution >= 4 is 39.3 Å². The topological polar surface area (TPSA) is 90.6 Å². The lowest BCUT2D eigenvalue weighted by molar-refractivity contribution is -0.118. The zero-order chi connectivity index (χ0) is 22.4. The minimum absolute atomic E-state index is 0.154. The number of nitrogens with zero attached hydrogens (tertiary/aromatic N) is 4. The molecule has 8 nitrogen and oxygen atoms in total. The first-order chi connectivity index (χ1) is 14.9. The second-order valence-corrected chi connectivity index (χ2v) is 8.32. The van der Waals surface area contributed by atoms with Crippen LogP contribution in [0.1, 0.15) is 12.5 Å². The second kappa shape index (κ2) is 10.5. The fourth-order valence-corrected chi connectivity index (χ4v) is 3.89. The molecule has 3 rings (SSSR count). The average Bonchev–Trinajstić information content (AvgIpc) is 3.15. The van der Waals surface area contributed by atoms with Gasteiger partial charge >= 0.3 is 0 Å². The van der Waals surface area contributed by atoms with Crippen LogP contribution in [0.4, 0.5) is 0 Å². The maximum absolute atomic E-state index is 12.3. The minimum atomic E-state index is -0.246. The Morgan fingerprint density at radius 1 is 1.19 bits per heavy atom. The predicted molar refractivity (Wildman–Crippen MR) is 125 cm³/mol. The molecule has 162 valence electrons. The summed E-state index contributed by atoms with van der Waals surface area (Å²) in [6.07, 6.45) is 0. The number of rotatable bonds is 8. The third-order valence-corrected chi connectivity index (χ3v) is 5.91. The molecule has 0 bridgehead atoms. The Bertz CT molecular complexity index is 1120. The average molecular weight is 504 g/mol. The van der Waals surface area contributed by atoms with Crippen molar-refractivity contribution in [1.29, 1.82) is 0 Å². The van der Waals surface area contributed by atoms with Crippen molar-refractivity contribution in [3.05, 3.63) is 52.5 Å². The zero-order valence-corrected chi connectivity index (χ0v) is 20.0. The van der Waals surface area contributed by atoms with Crippen LogP contribution in [-0.2, 0) is 11.8 Å². The highest BCUT2D eigenvalue weighted by Gasteiger charge is 2.14. The van der Waals surface area contributed by atoms with Crippen LogP contribution in [0.2, 0.25) is 0 Å². The lowest BCUT2D eigenvalue weighted by Crippen LogP contribution is -2.21. The van der Waals surface area contributed by atoms with Gasteiger partial charge in [-0.1, -0.05) is 39.8 Å². The van der Waals surface area contributed by atoms with Crippen molar-refractivity contribution in [2.45, 2.75) is 12.1 Å². The maximum atomic E-state index is 12.3. The summed E-state index contributed by atoms with van der Waals surface area (Å²) in [7, 11) is 5.03. The van der Waals surface area contributed by atoms with Gasteiger partial charge in [0.05, 0.1) is 25.7 Å². The molecule has 0 aliphatic carbocycles. The van der Waals surface area contributed by atoms with Crippen LogP contribution in [-0.4, -0.2) is 46.4 Å². The van der Waals surface area contributed by atoms with Crippen LogP contribution in [0.5, 0.6) is 11.5 Å². The molecule has 2 aromatic carbocycles. The molecule has 0 aliphatic heterocycles. The van der Waals surface area contributed by atoms with Crippen molar-refractivity contribution in [1.82, 2.24) is 20.2 Å². The summed E-state index contributed by atoms with van der Waals surface area (Å²) in [5, 5.41) is 13.3. The number of methoxy groups -OCH3 is 2. The van der Waals surface area contributed by atoms with Gasteiger partial charge in [-0.3, -0.25) is 4.79 Å². The molecule has 0 radical (unpaired) electrons. The molecule has 0 spiro atoms. The van der Waals surface area contributed by atoms with E-state index in [2.05, 4.69) is 36.7 Å². The van der Waals surface area contributed by atoms with Crippen molar-refractivity contribution < 1.29 is 14.3 Å². The summed E-state index contributed by atoms with van der Waals surface area (Å²) in [6, 6.07) is 13.2. The van der Waals surface area contributed by atoms with Crippen LogP contribution in [0, 0.1) is 0 Å². The van der Waals surface area contributed by atoms with Crippen molar-refractivity contribution in [2.75, 3.05) is 20.0 Å². The molecule has 1 amide bonds. The van der Waals surface area contributed by atoms with Crippen LogP contribution in [0.3, 0.4) is 0 Å². The van der Waals surface area contributed by atoms with Crippen LogP contribution < -0.4 is 14.9 Å². The SMILES string of the molecule is COc1ccc(C(C)=NNC(=O)CSc2nnc(-c3cccc(Br)c3)n2C)c(OC)c1. The van der Waals surface area contributed by atoms with E-state index >= 15 is 0 Å². The maximum Gasteiger partial charge on any atom is 0.250 e. The van der Waals surface area contributed by atoms with E-state index in [4.69, 9.17) is 9.47 Å². The second-order valence-electron chi connectivity index (χ2n) is 6.46. The number of hydrogen-bond acceptors (Lipinski definition) is 7. The summed E-state index contributed by atoms with van der Waals surface area (Å²) < 4.78 is 13.4. The Balaban J connectivity index is 1.62. The Labute approximate surface area is 193 Å². The number of nitrogens with one attached hydrogen (secondary N) is 1. The van der Waals surface area contributed by atoms with E-state index < -0.39 is 0 Å². The highest BCUT2D eigenvalue weighted by atomic mass is 79.9. The number of hydrogen-bond donors (Lipinski definition) is 1. The molecule has 0 unspecified atom stereocenters. The van der Waals surface area contributed by atoms with Crippen molar-refractivity contribution in [2.24, 2.45) is 12.1 Å². The summed E-state index contributed by atoms with van der Waals surface area (Å²) in [5.41, 5.74) is 4.90. The summed E-state index contributed by atoms with van der Waals surface area (Å²) >= 11 is 4.75. The fourth-order valence-electron chi connectivity index (χ4n) is 2.79. The Morgan fingerprint density at radius 2 is 2.00 bits per heavy atom. The largest absolute Gasteiger partial charge is 0.497 e. The van der Waals surface area contributed by atoms with E-state index in [1.807, 2.05) is 48.0 Å². The molecule has 1 N–H and O–H groups in total. The van der Waals surface area contributed by atoms with Crippen molar-refractivity contribution in [3.8, 4) is 22.9 Å². The number of carbonyl (C=O) groups is 1. The van der Waals surface area contributed by atoms with Gasteiger partial charge in [0.25, 0.3) is 5.91 Å². The lowest BCUT2D eigenvalue weighted by Gasteiger charge is -2.10. The quantitative estimate of drug-likeness (QED) is 0.284. The van der Waals surface area contributed by atoms with Gasteiger partial charge in [0.15, 0.2) is 11.0 Å². The van der Waals surface area contributed by atoms with Gasteiger partial charge < -0.3 is 14.0 Å². The fraction of sp³-hybridized carbons (Fsp3) is 0.238. The number of carbonyl (C=O) groups excluding carboxylic acids is 1. The highest BCUT2D eigenvalue weighted by molar-refractivity contribution is 9.10. The van der Waals surface area contributed by atoms with Crippen molar-refractivity contribution in [3.63, 3.8) is 0 Å². The summed E-state index contributed by atoms with van der Waals surface area (Å²) in [5.74, 6) is 1.93. The highest BCUT2D eigenvalue weighted by Crippen LogP contribution is 2.26. The molecule has 0 saturated heterocycles. The standard InChI is InChI=1S/C21H22BrN5O3S/c1-13(17-9-8-16(29-3)11-18(17)30-4)23-24-19(28)12-31-21-26-25-20(27(21)2)14-6-5-7-15(22)10-14/h5-11H,12H2,1-4H3,(H,24,28). The van der Waals surface area contributed by atoms with E-state index in [1.54, 1.807) is 27.2 Å². The number of halogens is 1. The molecule has 31 heavy (non-hydrogen) atoms. The van der Waals surface area contributed by atoms with E-state index in [-0.39, 0.29) is 11.7 Å². The summed E-state index contributed by atoms with van der Waals surface area (Å²) in [6.45, 7) is 1.80. The zero-order valence-electron chi connectivity index (χ0n) is 17.5. The van der Waals surface area contributed by atoms with Gasteiger partial charge in [-0.25, -0.2) is 5.43 Å². The van der Waals surface area contributed by atoms with E-state index in [1.165, 1.54) is 11.8 Å². The first-order valence-electron chi connectivity index (χ1n) is 9.26. The first kappa shape index (κ1) is 22.8. The molecule has 0 fully saturated rings. The first-order valence-corrected chi connectivity index (χ1v) is 11.0. The number of amides is 1. The van der Waals surface area contributed by atoms with E-state index in [9.17, 15) is 4.79 Å². The Kier molecular flexibility index (Phi) is 7.69. The number of aromatic nitrogens is 3. The van der Waals surface area contributed by atoms with Gasteiger partial charge in [0, 0.05) is 28.7 Å². The van der Waals surface area contributed by atoms with Crippen LogP contribution in [0.15, 0.2) is 57.2 Å². The molecule has 0 aliphatic rings. The van der Waals surface area contributed by atoms with Crippen LogP contribution >= 0.6 is 27.7 Å². The molecule has 1 heterocycles. The lowest BCUT2D eigenvalue weighted by atomic mass is 10.1. The van der Waals surface area contributed by atoms with Gasteiger partial charge in [0.2, 0.25) is 0 Å². The molecule has 10 heteroatoms. The number of benzene rings is 2. The number of ether oxygens (including phenoxy) is 2. The van der Waals surface area contributed by atoms with Gasteiger partial charge in [-0.05, 0) is 31.2 Å². The normalized spacial score (nSPS) is 11.3. The predicted octanol–water partition coefficient (Wildman–Crippen LogP) is 3.89. The molecule has 1 aromatic heterocycles. The number of thioether (sulfide) groups is 1. The Hall–Kier alpha value is -2.85. The summed E-state index contributed by atoms with van der Waals surface area (Å²) in [4.78, 5) is 12.3. The third kappa shape index (κ3) is 5.65. The van der Waals surface area contributed by atoms with E-state index in [0.29, 0.717) is 22.4 Å².